The van der Waals surface area contributed by atoms with Crippen molar-refractivity contribution in [1.82, 2.24) is 9.55 Å². The van der Waals surface area contributed by atoms with Gasteiger partial charge in [-0.2, -0.15) is 0 Å². The quantitative estimate of drug-likeness (QED) is 0.853. The second-order valence-electron chi connectivity index (χ2n) is 7.63. The summed E-state index contributed by atoms with van der Waals surface area (Å²) in [5.74, 6) is 1.91. The summed E-state index contributed by atoms with van der Waals surface area (Å²) in [7, 11) is 0. The highest BCUT2D eigenvalue weighted by Gasteiger charge is 2.64. The fourth-order valence-electron chi connectivity index (χ4n) is 3.79. The topological polar surface area (TPSA) is 43.8 Å². The van der Waals surface area contributed by atoms with Gasteiger partial charge in [-0.25, -0.2) is 4.98 Å². The third-order valence-corrected chi connectivity index (χ3v) is 6.01. The zero-order valence-corrected chi connectivity index (χ0v) is 13.9. The zero-order valence-electron chi connectivity index (χ0n) is 13.9. The molecular weight excluding hydrogens is 258 g/mol. The van der Waals surface area contributed by atoms with Gasteiger partial charge in [0.1, 0.15) is 5.82 Å². The highest BCUT2D eigenvalue weighted by atomic mass is 15.1. The lowest BCUT2D eigenvalue weighted by Gasteiger charge is -2.10. The van der Waals surface area contributed by atoms with E-state index in [9.17, 15) is 0 Å². The van der Waals surface area contributed by atoms with Gasteiger partial charge >= 0.3 is 0 Å². The highest BCUT2D eigenvalue weighted by molar-refractivity contribution is 5.79. The van der Waals surface area contributed by atoms with E-state index in [1.165, 1.54) is 11.3 Å². The number of rotatable bonds is 4. The van der Waals surface area contributed by atoms with E-state index < -0.39 is 0 Å². The van der Waals surface area contributed by atoms with E-state index in [-0.39, 0.29) is 0 Å². The van der Waals surface area contributed by atoms with Crippen LogP contribution in [0.4, 0.5) is 5.69 Å². The van der Waals surface area contributed by atoms with E-state index in [0.717, 1.165) is 30.6 Å². The van der Waals surface area contributed by atoms with E-state index in [1.54, 1.807) is 0 Å². The minimum absolute atomic E-state index is 0.404. The molecular formula is C18H27N3. The summed E-state index contributed by atoms with van der Waals surface area (Å²) in [4.78, 5) is 4.82. The van der Waals surface area contributed by atoms with Crippen molar-refractivity contribution in [2.45, 2.75) is 54.0 Å². The van der Waals surface area contributed by atoms with Crippen molar-refractivity contribution in [3.8, 4) is 0 Å². The van der Waals surface area contributed by atoms with Crippen LogP contribution < -0.4 is 5.73 Å². The van der Waals surface area contributed by atoms with E-state index in [0.29, 0.717) is 16.7 Å². The molecule has 1 fully saturated rings. The number of nitrogens with zero attached hydrogens (tertiary/aromatic N) is 2. The molecule has 0 aliphatic heterocycles. The third kappa shape index (κ3) is 2.05. The Kier molecular flexibility index (Phi) is 3.09. The Labute approximate surface area is 127 Å². The molecule has 0 unspecified atom stereocenters. The number of aromatic nitrogens is 2. The van der Waals surface area contributed by atoms with Crippen LogP contribution in [0.5, 0.6) is 0 Å². The summed E-state index contributed by atoms with van der Waals surface area (Å²) >= 11 is 0. The summed E-state index contributed by atoms with van der Waals surface area (Å²) in [5.41, 5.74) is 9.77. The summed E-state index contributed by atoms with van der Waals surface area (Å²) in [5, 5.41) is 0. The Morgan fingerprint density at radius 3 is 2.43 bits per heavy atom. The molecule has 0 saturated heterocycles. The van der Waals surface area contributed by atoms with Crippen molar-refractivity contribution in [3.63, 3.8) is 0 Å². The molecule has 0 atom stereocenters. The van der Waals surface area contributed by atoms with Crippen LogP contribution in [0.25, 0.3) is 11.0 Å². The number of nitrogen functional groups attached to an aromatic ring is 1. The number of anilines is 1. The van der Waals surface area contributed by atoms with Crippen molar-refractivity contribution < 1.29 is 0 Å². The highest BCUT2D eigenvalue weighted by Crippen LogP contribution is 2.69. The summed E-state index contributed by atoms with van der Waals surface area (Å²) in [6.07, 6.45) is 2.15. The number of nitrogens with two attached hydrogens (primary N) is 1. The molecule has 2 N–H and O–H groups in total. The van der Waals surface area contributed by atoms with Gasteiger partial charge in [0, 0.05) is 18.7 Å². The number of hydrogen-bond donors (Lipinski definition) is 1. The molecule has 1 saturated carbocycles. The van der Waals surface area contributed by atoms with Gasteiger partial charge < -0.3 is 10.3 Å². The van der Waals surface area contributed by atoms with E-state index >= 15 is 0 Å². The van der Waals surface area contributed by atoms with Crippen LogP contribution in [0.2, 0.25) is 0 Å². The number of aryl methyl sites for hydroxylation is 1. The molecule has 0 radical (unpaired) electrons. The largest absolute Gasteiger partial charge is 0.399 e. The van der Waals surface area contributed by atoms with Crippen molar-refractivity contribution in [2.24, 2.45) is 16.7 Å². The summed E-state index contributed by atoms with van der Waals surface area (Å²) < 4.78 is 2.43. The predicted octanol–water partition coefficient (Wildman–Crippen LogP) is 4.25. The van der Waals surface area contributed by atoms with E-state index in [1.807, 2.05) is 12.1 Å². The lowest BCUT2D eigenvalue weighted by atomic mass is 10.0. The second kappa shape index (κ2) is 4.49. The summed E-state index contributed by atoms with van der Waals surface area (Å²) in [6.45, 7) is 12.8. The third-order valence-electron chi connectivity index (χ3n) is 6.01. The SMILES string of the molecule is CCCc1nc2cc(N)ccc2n1CC1C(C)(C)C1(C)C. The number of fused-ring (bicyclic) bond motifs is 1. The minimum Gasteiger partial charge on any atom is -0.399 e. The van der Waals surface area contributed by atoms with Crippen LogP contribution in [0.3, 0.4) is 0 Å². The molecule has 3 heteroatoms. The smallest absolute Gasteiger partial charge is 0.109 e. The van der Waals surface area contributed by atoms with E-state index in [4.69, 9.17) is 10.7 Å². The molecule has 1 aromatic heterocycles. The number of benzene rings is 1. The number of hydrogen-bond acceptors (Lipinski definition) is 2. The molecule has 0 bridgehead atoms. The molecule has 1 aromatic carbocycles. The first kappa shape index (κ1) is 14.4. The fraction of sp³-hybridized carbons (Fsp3) is 0.611. The van der Waals surface area contributed by atoms with Crippen LogP contribution in [0, 0.1) is 16.7 Å². The Bertz CT molecular complexity index is 665. The van der Waals surface area contributed by atoms with E-state index in [2.05, 4.69) is 45.3 Å². The zero-order chi connectivity index (χ0) is 15.4. The maximum Gasteiger partial charge on any atom is 0.109 e. The molecule has 3 nitrogen and oxygen atoms in total. The molecule has 3 rings (SSSR count). The molecule has 0 amide bonds. The molecule has 1 aliphatic carbocycles. The molecule has 21 heavy (non-hydrogen) atoms. The van der Waals surface area contributed by atoms with Crippen molar-refractivity contribution in [1.29, 1.82) is 0 Å². The number of imidazole rings is 1. The lowest BCUT2D eigenvalue weighted by Crippen LogP contribution is -2.08. The van der Waals surface area contributed by atoms with Crippen LogP contribution in [-0.2, 0) is 13.0 Å². The van der Waals surface area contributed by atoms with Gasteiger partial charge in [0.2, 0.25) is 0 Å². The normalized spacial score (nSPS) is 20.0. The molecule has 0 spiro atoms. The molecule has 1 aliphatic rings. The first-order chi connectivity index (χ1) is 9.79. The van der Waals surface area contributed by atoms with Crippen LogP contribution in [0.15, 0.2) is 18.2 Å². The van der Waals surface area contributed by atoms with Gasteiger partial charge in [-0.3, -0.25) is 0 Å². The van der Waals surface area contributed by atoms with Crippen LogP contribution in [0.1, 0.15) is 46.9 Å². The molecule has 114 valence electrons. The van der Waals surface area contributed by atoms with Crippen molar-refractivity contribution >= 4 is 16.7 Å². The van der Waals surface area contributed by atoms with Gasteiger partial charge in [0.25, 0.3) is 0 Å². The van der Waals surface area contributed by atoms with Gasteiger partial charge in [0.15, 0.2) is 0 Å². The van der Waals surface area contributed by atoms with Crippen molar-refractivity contribution in [3.05, 3.63) is 24.0 Å². The van der Waals surface area contributed by atoms with Crippen LogP contribution >= 0.6 is 0 Å². The fourth-order valence-corrected chi connectivity index (χ4v) is 3.79. The van der Waals surface area contributed by atoms with Gasteiger partial charge in [-0.05, 0) is 41.4 Å². The average Bonchev–Trinajstić information content (AvgIpc) is 2.68. The summed E-state index contributed by atoms with van der Waals surface area (Å²) in [6, 6.07) is 6.10. The van der Waals surface area contributed by atoms with Gasteiger partial charge in [-0.15, -0.1) is 0 Å². The maximum atomic E-state index is 5.91. The van der Waals surface area contributed by atoms with Gasteiger partial charge in [0.05, 0.1) is 11.0 Å². The predicted molar refractivity (Wildman–Crippen MR) is 89.2 cm³/mol. The van der Waals surface area contributed by atoms with Gasteiger partial charge in [-0.1, -0.05) is 34.6 Å². The first-order valence-corrected chi connectivity index (χ1v) is 8.03. The van der Waals surface area contributed by atoms with Crippen molar-refractivity contribution in [2.75, 3.05) is 5.73 Å². The molecule has 1 heterocycles. The Morgan fingerprint density at radius 2 is 1.86 bits per heavy atom. The molecule has 2 aromatic rings. The first-order valence-electron chi connectivity index (χ1n) is 8.03. The minimum atomic E-state index is 0.404. The standard InChI is InChI=1S/C18H27N3/c1-6-7-16-20-13-10-12(19)8-9-14(13)21(16)11-15-17(2,3)18(15,4)5/h8-10,15H,6-7,11,19H2,1-5H3. The Hall–Kier alpha value is -1.51. The monoisotopic (exact) mass is 285 g/mol. The Balaban J connectivity index is 2.02. The maximum absolute atomic E-state index is 5.91. The Morgan fingerprint density at radius 1 is 1.19 bits per heavy atom. The second-order valence-corrected chi connectivity index (χ2v) is 7.63. The lowest BCUT2D eigenvalue weighted by molar-refractivity contribution is 0.457. The average molecular weight is 285 g/mol. The van der Waals surface area contributed by atoms with Crippen LogP contribution in [-0.4, -0.2) is 9.55 Å².